The minimum atomic E-state index is -3.76. The summed E-state index contributed by atoms with van der Waals surface area (Å²) in [6.07, 6.45) is 4.60. The molecule has 2 saturated heterocycles. The number of sulfonamides is 1. The van der Waals surface area contributed by atoms with Gasteiger partial charge in [-0.05, 0) is 50.8 Å². The molecular formula is C22H30N4O5S. The zero-order chi connectivity index (χ0) is 23.0. The van der Waals surface area contributed by atoms with E-state index in [1.54, 1.807) is 11.9 Å². The molecule has 1 unspecified atom stereocenters. The van der Waals surface area contributed by atoms with E-state index in [0.29, 0.717) is 25.2 Å². The molecule has 2 fully saturated rings. The Kier molecular flexibility index (Phi) is 6.26. The van der Waals surface area contributed by atoms with Gasteiger partial charge >= 0.3 is 5.69 Å². The van der Waals surface area contributed by atoms with Gasteiger partial charge < -0.3 is 4.90 Å². The molecule has 2 aliphatic rings. The second-order valence-electron chi connectivity index (χ2n) is 8.78. The third-order valence-corrected chi connectivity index (χ3v) is 8.69. The summed E-state index contributed by atoms with van der Waals surface area (Å²) in [5, 5.41) is 0.159. The van der Waals surface area contributed by atoms with Gasteiger partial charge in [-0.2, -0.15) is 4.31 Å². The van der Waals surface area contributed by atoms with E-state index in [-0.39, 0.29) is 35.2 Å². The molecule has 0 radical (unpaired) electrons. The Hall–Kier alpha value is -2.46. The summed E-state index contributed by atoms with van der Waals surface area (Å²) in [5.41, 5.74) is -0.717. The van der Waals surface area contributed by atoms with E-state index in [1.165, 1.54) is 27.1 Å². The third-order valence-electron chi connectivity index (χ3n) is 6.68. The minimum absolute atomic E-state index is 0.0308. The van der Waals surface area contributed by atoms with Gasteiger partial charge in [-0.1, -0.05) is 6.42 Å². The van der Waals surface area contributed by atoms with Crippen LogP contribution in [0, 0.1) is 0 Å². The van der Waals surface area contributed by atoms with Crippen LogP contribution in [0.4, 0.5) is 0 Å². The first kappa shape index (κ1) is 22.7. The van der Waals surface area contributed by atoms with E-state index in [0.717, 1.165) is 36.7 Å². The quantitative estimate of drug-likeness (QED) is 0.666. The largest absolute Gasteiger partial charge is 0.343 e. The van der Waals surface area contributed by atoms with E-state index in [2.05, 4.69) is 0 Å². The lowest BCUT2D eigenvalue weighted by Crippen LogP contribution is -2.42. The third kappa shape index (κ3) is 4.01. The Balaban J connectivity index is 1.71. The van der Waals surface area contributed by atoms with Crippen LogP contribution in [0.25, 0.3) is 10.9 Å². The molecule has 1 aromatic carbocycles. The number of hydrogen-bond donors (Lipinski definition) is 0. The number of benzene rings is 1. The normalized spacial score (nSPS) is 20.2. The molecule has 1 amide bonds. The van der Waals surface area contributed by atoms with Crippen LogP contribution >= 0.6 is 0 Å². The van der Waals surface area contributed by atoms with Crippen LogP contribution in [0.1, 0.15) is 45.4 Å². The Morgan fingerprint density at radius 2 is 1.75 bits per heavy atom. The fourth-order valence-electron chi connectivity index (χ4n) is 4.75. The van der Waals surface area contributed by atoms with Gasteiger partial charge in [-0.15, -0.1) is 0 Å². The highest BCUT2D eigenvalue weighted by atomic mass is 32.2. The van der Waals surface area contributed by atoms with Crippen molar-refractivity contribution >= 4 is 26.8 Å². The van der Waals surface area contributed by atoms with Crippen molar-refractivity contribution in [1.82, 2.24) is 18.3 Å². The fraction of sp³-hybridized carbons (Fsp3) is 0.591. The van der Waals surface area contributed by atoms with Crippen molar-refractivity contribution in [2.75, 3.05) is 19.6 Å². The summed E-state index contributed by atoms with van der Waals surface area (Å²) in [4.78, 5) is 40.2. The van der Waals surface area contributed by atoms with Gasteiger partial charge in [-0.25, -0.2) is 13.2 Å². The maximum absolute atomic E-state index is 13.2. The van der Waals surface area contributed by atoms with Gasteiger partial charge in [0.15, 0.2) is 0 Å². The highest BCUT2D eigenvalue weighted by molar-refractivity contribution is 7.89. The highest BCUT2D eigenvalue weighted by Gasteiger charge is 2.31. The molecular weight excluding hydrogens is 432 g/mol. The minimum Gasteiger partial charge on any atom is -0.343 e. The number of fused-ring (bicyclic) bond motifs is 1. The molecule has 174 valence electrons. The van der Waals surface area contributed by atoms with Crippen molar-refractivity contribution in [3.63, 3.8) is 0 Å². The second-order valence-corrected chi connectivity index (χ2v) is 10.7. The first-order valence-corrected chi connectivity index (χ1v) is 12.7. The molecule has 32 heavy (non-hydrogen) atoms. The van der Waals surface area contributed by atoms with Crippen LogP contribution < -0.4 is 11.2 Å². The van der Waals surface area contributed by atoms with Gasteiger partial charge in [-0.3, -0.25) is 18.7 Å². The van der Waals surface area contributed by atoms with E-state index in [4.69, 9.17) is 0 Å². The number of nitrogens with zero attached hydrogens (tertiary/aromatic N) is 4. The van der Waals surface area contributed by atoms with Crippen molar-refractivity contribution in [3.05, 3.63) is 39.0 Å². The van der Waals surface area contributed by atoms with Crippen LogP contribution in [0.15, 0.2) is 32.7 Å². The summed E-state index contributed by atoms with van der Waals surface area (Å²) in [5.74, 6) is -0.0769. The summed E-state index contributed by atoms with van der Waals surface area (Å²) in [6.45, 7) is 3.74. The molecule has 1 atom stereocenters. The molecule has 0 bridgehead atoms. The second kappa shape index (κ2) is 8.82. The number of likely N-dealkylation sites (tertiary alicyclic amines) is 1. The predicted octanol–water partition coefficient (Wildman–Crippen LogP) is 1.28. The molecule has 0 N–H and O–H groups in total. The average molecular weight is 463 g/mol. The number of carbonyl (C=O) groups excluding carboxylic acids is 1. The number of carbonyl (C=O) groups is 1. The zero-order valence-corrected chi connectivity index (χ0v) is 19.4. The molecule has 0 spiro atoms. The number of piperidine rings is 1. The van der Waals surface area contributed by atoms with E-state index >= 15 is 0 Å². The zero-order valence-electron chi connectivity index (χ0n) is 18.6. The average Bonchev–Trinajstić information content (AvgIpc) is 3.32. The van der Waals surface area contributed by atoms with Crippen LogP contribution in [0.3, 0.4) is 0 Å². The molecule has 2 aromatic rings. The Morgan fingerprint density at radius 3 is 2.44 bits per heavy atom. The van der Waals surface area contributed by atoms with Crippen molar-refractivity contribution < 1.29 is 13.2 Å². The first-order chi connectivity index (χ1) is 15.2. The Morgan fingerprint density at radius 1 is 1.06 bits per heavy atom. The molecule has 1 aromatic heterocycles. The smallest absolute Gasteiger partial charge is 0.331 e. The fourth-order valence-corrected chi connectivity index (χ4v) is 6.48. The standard InChI is InChI=1S/C22H30N4O5S/c1-16-7-3-4-13-26(16)32(30,31)17-8-9-19-18(15-17)21(28)25(22(29)23(19)2)14-10-20(27)24-11-5-6-12-24/h8-9,15-16H,3-7,10-14H2,1-2H3. The van der Waals surface area contributed by atoms with Crippen LogP contribution in [-0.2, 0) is 28.4 Å². The van der Waals surface area contributed by atoms with Gasteiger partial charge in [0.2, 0.25) is 15.9 Å². The molecule has 0 saturated carbocycles. The maximum atomic E-state index is 13.2. The van der Waals surface area contributed by atoms with Gasteiger partial charge in [0.25, 0.3) is 5.56 Å². The van der Waals surface area contributed by atoms with Gasteiger partial charge in [0.05, 0.1) is 15.8 Å². The summed E-state index contributed by atoms with van der Waals surface area (Å²) in [6, 6.07) is 4.24. The number of hydrogen-bond acceptors (Lipinski definition) is 5. The van der Waals surface area contributed by atoms with Crippen molar-refractivity contribution in [1.29, 1.82) is 0 Å². The number of amides is 1. The van der Waals surface area contributed by atoms with Crippen LogP contribution in [0.2, 0.25) is 0 Å². The first-order valence-electron chi connectivity index (χ1n) is 11.2. The van der Waals surface area contributed by atoms with Crippen molar-refractivity contribution in [2.45, 2.75) is 62.9 Å². The van der Waals surface area contributed by atoms with Crippen molar-refractivity contribution in [2.24, 2.45) is 7.05 Å². The lowest BCUT2D eigenvalue weighted by atomic mass is 10.1. The predicted molar refractivity (Wildman–Crippen MR) is 121 cm³/mol. The molecule has 10 heteroatoms. The van der Waals surface area contributed by atoms with E-state index in [9.17, 15) is 22.8 Å². The van der Waals surface area contributed by atoms with E-state index < -0.39 is 21.3 Å². The van der Waals surface area contributed by atoms with Crippen molar-refractivity contribution in [3.8, 4) is 0 Å². The lowest BCUT2D eigenvalue weighted by Gasteiger charge is -2.32. The number of aryl methyl sites for hydroxylation is 1. The number of aromatic nitrogens is 2. The lowest BCUT2D eigenvalue weighted by molar-refractivity contribution is -0.130. The summed E-state index contributed by atoms with van der Waals surface area (Å²) >= 11 is 0. The maximum Gasteiger partial charge on any atom is 0.331 e. The molecule has 4 rings (SSSR count). The Bertz CT molecular complexity index is 1260. The molecule has 9 nitrogen and oxygen atoms in total. The van der Waals surface area contributed by atoms with Crippen LogP contribution in [0.5, 0.6) is 0 Å². The Labute approximate surface area is 187 Å². The topological polar surface area (TPSA) is 102 Å². The monoisotopic (exact) mass is 462 g/mol. The van der Waals surface area contributed by atoms with Gasteiger partial charge in [0.1, 0.15) is 0 Å². The summed E-state index contributed by atoms with van der Waals surface area (Å²) in [7, 11) is -2.21. The van der Waals surface area contributed by atoms with Crippen LogP contribution in [-0.4, -0.2) is 58.3 Å². The molecule has 0 aliphatic carbocycles. The highest BCUT2D eigenvalue weighted by Crippen LogP contribution is 2.26. The molecule has 2 aliphatic heterocycles. The SMILES string of the molecule is CC1CCCCN1S(=O)(=O)c1ccc2c(c1)c(=O)n(CCC(=O)N1CCCC1)c(=O)n2C. The molecule has 3 heterocycles. The summed E-state index contributed by atoms with van der Waals surface area (Å²) < 4.78 is 30.4. The van der Waals surface area contributed by atoms with E-state index in [1.807, 2.05) is 6.92 Å². The number of rotatable bonds is 5. The van der Waals surface area contributed by atoms with Gasteiger partial charge in [0, 0.05) is 45.7 Å².